The van der Waals surface area contributed by atoms with Gasteiger partial charge in [-0.2, -0.15) is 0 Å². The molecule has 2 rings (SSSR count). The molecule has 0 saturated heterocycles. The molecule has 0 bridgehead atoms. The zero-order valence-electron chi connectivity index (χ0n) is 10.4. The van der Waals surface area contributed by atoms with Gasteiger partial charge in [0.25, 0.3) is 0 Å². The average molecular weight is 238 g/mol. The lowest BCUT2D eigenvalue weighted by molar-refractivity contribution is -0.140. The summed E-state index contributed by atoms with van der Waals surface area (Å²) in [5.74, 6) is 0.0519. The van der Waals surface area contributed by atoms with Gasteiger partial charge in [0.1, 0.15) is 6.04 Å². The monoisotopic (exact) mass is 238 g/mol. The van der Waals surface area contributed by atoms with E-state index in [0.29, 0.717) is 5.82 Å². The normalized spacial score (nSPS) is 24.8. The number of hydrogen-bond donors (Lipinski definition) is 1. The third-order valence-electron chi connectivity index (χ3n) is 3.81. The number of carboxylic acids is 1. The zero-order chi connectivity index (χ0) is 12.6. The third-order valence-corrected chi connectivity index (χ3v) is 3.81. The molecule has 1 aliphatic carbocycles. The molecule has 1 aromatic rings. The fourth-order valence-corrected chi connectivity index (χ4v) is 2.62. The number of tetrazole rings is 1. The second kappa shape index (κ2) is 4.09. The highest BCUT2D eigenvalue weighted by Gasteiger charge is 2.39. The van der Waals surface area contributed by atoms with Gasteiger partial charge in [-0.15, -0.1) is 5.10 Å². The van der Waals surface area contributed by atoms with Crippen molar-refractivity contribution in [3.63, 3.8) is 0 Å². The number of nitrogens with zero attached hydrogens (tertiary/aromatic N) is 4. The molecule has 0 amide bonds. The first kappa shape index (κ1) is 12.0. The van der Waals surface area contributed by atoms with Crippen molar-refractivity contribution in [1.82, 2.24) is 20.2 Å². The largest absolute Gasteiger partial charge is 0.480 e. The third kappa shape index (κ3) is 2.03. The summed E-state index contributed by atoms with van der Waals surface area (Å²) in [6, 6.07) is -0.712. The summed E-state index contributed by atoms with van der Waals surface area (Å²) in [5, 5.41) is 20.5. The van der Waals surface area contributed by atoms with Crippen LogP contribution in [0.15, 0.2) is 0 Å². The van der Waals surface area contributed by atoms with Crippen molar-refractivity contribution >= 4 is 5.97 Å². The van der Waals surface area contributed by atoms with Crippen molar-refractivity contribution in [3.8, 4) is 0 Å². The van der Waals surface area contributed by atoms with Crippen LogP contribution < -0.4 is 0 Å². The van der Waals surface area contributed by atoms with E-state index in [1.165, 1.54) is 4.68 Å². The number of carbonyl (C=O) groups is 1. The van der Waals surface area contributed by atoms with Crippen molar-refractivity contribution < 1.29 is 9.90 Å². The summed E-state index contributed by atoms with van der Waals surface area (Å²) in [5.41, 5.74) is 0.144. The predicted molar refractivity (Wildman–Crippen MR) is 60.5 cm³/mol. The van der Waals surface area contributed by atoms with Crippen LogP contribution >= 0.6 is 0 Å². The van der Waals surface area contributed by atoms with Crippen molar-refractivity contribution in [2.45, 2.75) is 52.0 Å². The van der Waals surface area contributed by atoms with Gasteiger partial charge in [-0.3, -0.25) is 0 Å². The van der Waals surface area contributed by atoms with E-state index in [9.17, 15) is 4.79 Å². The van der Waals surface area contributed by atoms with Crippen LogP contribution in [0.4, 0.5) is 0 Å². The molecule has 1 fully saturated rings. The predicted octanol–water partition coefficient (Wildman–Crippen LogP) is 1.61. The summed E-state index contributed by atoms with van der Waals surface area (Å²) in [6.45, 7) is 5.98. The first-order chi connectivity index (χ1) is 7.93. The Morgan fingerprint density at radius 2 is 2.29 bits per heavy atom. The van der Waals surface area contributed by atoms with Crippen molar-refractivity contribution in [2.24, 2.45) is 5.41 Å². The highest BCUT2D eigenvalue weighted by Crippen LogP contribution is 2.48. The minimum absolute atomic E-state index is 0.144. The lowest BCUT2D eigenvalue weighted by atomic mass is 9.81. The van der Waals surface area contributed by atoms with E-state index in [0.717, 1.165) is 19.3 Å². The summed E-state index contributed by atoms with van der Waals surface area (Å²) < 4.78 is 1.44. The van der Waals surface area contributed by atoms with Crippen LogP contribution in [0.25, 0.3) is 0 Å². The van der Waals surface area contributed by atoms with Crippen LogP contribution in [0.5, 0.6) is 0 Å². The molecule has 0 spiro atoms. The highest BCUT2D eigenvalue weighted by molar-refractivity contribution is 5.71. The fourth-order valence-electron chi connectivity index (χ4n) is 2.62. The minimum atomic E-state index is -0.908. The maximum absolute atomic E-state index is 11.0. The second-order valence-electron chi connectivity index (χ2n) is 5.43. The van der Waals surface area contributed by atoms with E-state index in [4.69, 9.17) is 5.11 Å². The van der Waals surface area contributed by atoms with E-state index >= 15 is 0 Å². The van der Waals surface area contributed by atoms with Crippen LogP contribution in [0.1, 0.15) is 57.8 Å². The summed E-state index contributed by atoms with van der Waals surface area (Å²) in [6.07, 6.45) is 3.30. The molecule has 0 aromatic carbocycles. The van der Waals surface area contributed by atoms with Crippen LogP contribution in [0.3, 0.4) is 0 Å². The molecule has 94 valence electrons. The molecule has 1 heterocycles. The van der Waals surface area contributed by atoms with Gasteiger partial charge in [-0.1, -0.05) is 20.3 Å². The molecule has 2 unspecified atom stereocenters. The van der Waals surface area contributed by atoms with Gasteiger partial charge in [-0.05, 0) is 35.6 Å². The molecule has 6 nitrogen and oxygen atoms in total. The van der Waals surface area contributed by atoms with Gasteiger partial charge in [0.05, 0.1) is 0 Å². The SMILES string of the molecule is CC(C(=O)O)n1nnnc1C1CCCC1(C)C. The van der Waals surface area contributed by atoms with Crippen LogP contribution in [0.2, 0.25) is 0 Å². The molecule has 17 heavy (non-hydrogen) atoms. The Kier molecular flexibility index (Phi) is 2.89. The second-order valence-corrected chi connectivity index (χ2v) is 5.43. The van der Waals surface area contributed by atoms with Crippen molar-refractivity contribution in [1.29, 1.82) is 0 Å². The number of aliphatic carboxylic acids is 1. The van der Waals surface area contributed by atoms with E-state index in [-0.39, 0.29) is 11.3 Å². The first-order valence-corrected chi connectivity index (χ1v) is 5.94. The number of hydrogen-bond acceptors (Lipinski definition) is 4. The summed E-state index contributed by atoms with van der Waals surface area (Å²) in [7, 11) is 0. The van der Waals surface area contributed by atoms with E-state index < -0.39 is 12.0 Å². The van der Waals surface area contributed by atoms with Crippen molar-refractivity contribution in [2.75, 3.05) is 0 Å². The lowest BCUT2D eigenvalue weighted by Crippen LogP contribution is -2.25. The molecule has 0 aliphatic heterocycles. The average Bonchev–Trinajstić information content (AvgIpc) is 2.81. The van der Waals surface area contributed by atoms with E-state index in [1.807, 2.05) is 0 Å². The molecule has 1 aliphatic rings. The quantitative estimate of drug-likeness (QED) is 0.865. The Bertz CT molecular complexity index is 427. The standard InChI is InChI=1S/C11H18N4O2/c1-7(10(16)17)15-9(12-13-14-15)8-5-4-6-11(8,2)3/h7-8H,4-6H2,1-3H3,(H,16,17). The highest BCUT2D eigenvalue weighted by atomic mass is 16.4. The van der Waals surface area contributed by atoms with Gasteiger partial charge < -0.3 is 5.11 Å². The van der Waals surface area contributed by atoms with Crippen LogP contribution in [-0.4, -0.2) is 31.3 Å². The molecule has 1 N–H and O–H groups in total. The zero-order valence-corrected chi connectivity index (χ0v) is 10.4. The Morgan fingerprint density at radius 3 is 2.82 bits per heavy atom. The maximum atomic E-state index is 11.0. The Hall–Kier alpha value is -1.46. The van der Waals surface area contributed by atoms with E-state index in [2.05, 4.69) is 29.4 Å². The van der Waals surface area contributed by atoms with Gasteiger partial charge >= 0.3 is 5.97 Å². The smallest absolute Gasteiger partial charge is 0.328 e. The molecule has 1 aromatic heterocycles. The summed E-state index contributed by atoms with van der Waals surface area (Å²) >= 11 is 0. The molecule has 2 atom stereocenters. The molecule has 6 heteroatoms. The topological polar surface area (TPSA) is 80.9 Å². The summed E-state index contributed by atoms with van der Waals surface area (Å²) in [4.78, 5) is 11.0. The van der Waals surface area contributed by atoms with Gasteiger partial charge in [0.15, 0.2) is 5.82 Å². The van der Waals surface area contributed by atoms with Crippen LogP contribution in [-0.2, 0) is 4.79 Å². The number of aromatic nitrogens is 4. The first-order valence-electron chi connectivity index (χ1n) is 5.94. The van der Waals surface area contributed by atoms with E-state index in [1.54, 1.807) is 6.92 Å². The van der Waals surface area contributed by atoms with Gasteiger partial charge in [-0.25, -0.2) is 9.48 Å². The fraction of sp³-hybridized carbons (Fsp3) is 0.818. The Labute approximate surface area is 100 Å². The number of carboxylic acid groups (broad SMARTS) is 1. The Balaban J connectivity index is 2.34. The molecule has 0 radical (unpaired) electrons. The van der Waals surface area contributed by atoms with Gasteiger partial charge in [0.2, 0.25) is 0 Å². The molecule has 1 saturated carbocycles. The Morgan fingerprint density at radius 1 is 1.59 bits per heavy atom. The number of rotatable bonds is 3. The van der Waals surface area contributed by atoms with Crippen molar-refractivity contribution in [3.05, 3.63) is 5.82 Å². The molecular formula is C11H18N4O2. The van der Waals surface area contributed by atoms with Gasteiger partial charge in [0, 0.05) is 5.92 Å². The van der Waals surface area contributed by atoms with Crippen LogP contribution in [0, 0.1) is 5.41 Å². The minimum Gasteiger partial charge on any atom is -0.480 e. The lowest BCUT2D eigenvalue weighted by Gasteiger charge is -2.26. The molecular weight excluding hydrogens is 220 g/mol. The maximum Gasteiger partial charge on any atom is 0.328 e.